The Kier molecular flexibility index (Phi) is 6.63. The van der Waals surface area contributed by atoms with Gasteiger partial charge >= 0.3 is 7.12 Å². The summed E-state index contributed by atoms with van der Waals surface area (Å²) >= 11 is 0. The highest BCUT2D eigenvalue weighted by Crippen LogP contribution is 2.25. The molecular weight excluding hydrogens is 405 g/mol. The molecule has 30 heavy (non-hydrogen) atoms. The fourth-order valence-electron chi connectivity index (χ4n) is 2.82. The Morgan fingerprint density at radius 3 is 2.30 bits per heavy atom. The third-order valence-electron chi connectivity index (χ3n) is 4.42. The zero-order valence-electron chi connectivity index (χ0n) is 16.1. The zero-order valence-corrected chi connectivity index (χ0v) is 16.9. The van der Waals surface area contributed by atoms with Gasteiger partial charge in [-0.3, -0.25) is 4.55 Å². The van der Waals surface area contributed by atoms with Crippen LogP contribution in [0.2, 0.25) is 0 Å². The number of rotatable bonds is 7. The Morgan fingerprint density at radius 1 is 0.967 bits per heavy atom. The molecule has 3 rings (SSSR count). The molecule has 0 aliphatic carbocycles. The summed E-state index contributed by atoms with van der Waals surface area (Å²) in [6.45, 7) is 2.31. The van der Waals surface area contributed by atoms with Crippen LogP contribution in [0.5, 0.6) is 0 Å². The smallest absolute Gasteiger partial charge is 0.423 e. The molecule has 0 radical (unpaired) electrons. The minimum absolute atomic E-state index is 0.205. The van der Waals surface area contributed by atoms with Crippen LogP contribution < -0.4 is 10.8 Å². The second-order valence-corrected chi connectivity index (χ2v) is 8.02. The molecule has 0 aliphatic heterocycles. The molecule has 0 amide bonds. The first-order chi connectivity index (χ1) is 14.2. The molecule has 0 saturated carbocycles. The third-order valence-corrected chi connectivity index (χ3v) is 5.29. The fourth-order valence-corrected chi connectivity index (χ4v) is 3.30. The van der Waals surface area contributed by atoms with Crippen molar-refractivity contribution >= 4 is 39.8 Å². The molecule has 0 aliphatic rings. The second kappa shape index (κ2) is 9.18. The topological polar surface area (TPSA) is 132 Å². The van der Waals surface area contributed by atoms with Crippen molar-refractivity contribution in [1.82, 2.24) is 0 Å². The Labute approximate surface area is 174 Å². The standard InChI is InChI=1S/C20H20BN3O5S/c1-14-12-17(22-13-15-4-2-3-5-19(15)21(25)26)8-11-20(14)24-23-16-6-9-18(10-7-16)30(27,28)29/h2-12,22,25-26H,13H2,1H3,(H,27,28,29). The summed E-state index contributed by atoms with van der Waals surface area (Å²) in [6.07, 6.45) is 0. The first kappa shape index (κ1) is 21.7. The lowest BCUT2D eigenvalue weighted by Crippen LogP contribution is -2.33. The Morgan fingerprint density at radius 2 is 1.67 bits per heavy atom. The van der Waals surface area contributed by atoms with E-state index in [9.17, 15) is 18.5 Å². The number of azo groups is 1. The van der Waals surface area contributed by atoms with E-state index in [1.807, 2.05) is 31.2 Å². The van der Waals surface area contributed by atoms with Crippen LogP contribution in [0.25, 0.3) is 0 Å². The van der Waals surface area contributed by atoms with E-state index in [1.165, 1.54) is 24.3 Å². The lowest BCUT2D eigenvalue weighted by molar-refractivity contribution is 0.425. The van der Waals surface area contributed by atoms with Gasteiger partial charge in [-0.15, -0.1) is 0 Å². The number of benzene rings is 3. The highest BCUT2D eigenvalue weighted by molar-refractivity contribution is 7.85. The van der Waals surface area contributed by atoms with Crippen molar-refractivity contribution in [3.8, 4) is 0 Å². The van der Waals surface area contributed by atoms with E-state index < -0.39 is 17.2 Å². The van der Waals surface area contributed by atoms with Crippen LogP contribution >= 0.6 is 0 Å². The number of hydrogen-bond donors (Lipinski definition) is 4. The quantitative estimate of drug-likeness (QED) is 0.262. The van der Waals surface area contributed by atoms with E-state index in [1.54, 1.807) is 18.2 Å². The molecule has 0 heterocycles. The molecule has 8 nitrogen and oxygen atoms in total. The van der Waals surface area contributed by atoms with Crippen molar-refractivity contribution in [3.63, 3.8) is 0 Å². The maximum atomic E-state index is 11.1. The van der Waals surface area contributed by atoms with Gasteiger partial charge in [-0.1, -0.05) is 24.3 Å². The number of nitrogens with zero attached hydrogens (tertiary/aromatic N) is 2. The normalized spacial score (nSPS) is 11.6. The van der Waals surface area contributed by atoms with Gasteiger partial charge in [-0.05, 0) is 66.0 Å². The Balaban J connectivity index is 1.69. The van der Waals surface area contributed by atoms with Gasteiger partial charge in [0.15, 0.2) is 0 Å². The maximum absolute atomic E-state index is 11.1. The predicted octanol–water partition coefficient (Wildman–Crippen LogP) is 2.95. The van der Waals surface area contributed by atoms with Gasteiger partial charge in [0, 0.05) is 12.2 Å². The summed E-state index contributed by atoms with van der Waals surface area (Å²) in [5, 5.41) is 30.4. The van der Waals surface area contributed by atoms with Gasteiger partial charge in [0.05, 0.1) is 16.3 Å². The number of nitrogens with one attached hydrogen (secondary N) is 1. The molecule has 0 bridgehead atoms. The van der Waals surface area contributed by atoms with Gasteiger partial charge < -0.3 is 15.4 Å². The van der Waals surface area contributed by atoms with Gasteiger partial charge in [-0.2, -0.15) is 18.6 Å². The van der Waals surface area contributed by atoms with Crippen LogP contribution in [0, 0.1) is 6.92 Å². The zero-order chi connectivity index (χ0) is 21.7. The molecule has 154 valence electrons. The van der Waals surface area contributed by atoms with Crippen molar-refractivity contribution in [3.05, 3.63) is 77.9 Å². The van der Waals surface area contributed by atoms with Crippen LogP contribution in [0.15, 0.2) is 81.9 Å². The molecule has 0 atom stereocenters. The molecule has 3 aromatic rings. The predicted molar refractivity (Wildman–Crippen MR) is 115 cm³/mol. The molecule has 4 N–H and O–H groups in total. The van der Waals surface area contributed by atoms with E-state index in [2.05, 4.69) is 15.5 Å². The van der Waals surface area contributed by atoms with Crippen LogP contribution in [0.3, 0.4) is 0 Å². The monoisotopic (exact) mass is 425 g/mol. The minimum Gasteiger partial charge on any atom is -0.423 e. The molecule has 10 heteroatoms. The van der Waals surface area contributed by atoms with Gasteiger partial charge in [0.1, 0.15) is 0 Å². The van der Waals surface area contributed by atoms with Gasteiger partial charge in [0.25, 0.3) is 10.1 Å². The summed E-state index contributed by atoms with van der Waals surface area (Å²) in [6, 6.07) is 18.0. The van der Waals surface area contributed by atoms with Gasteiger partial charge in [0.2, 0.25) is 0 Å². The van der Waals surface area contributed by atoms with Gasteiger partial charge in [-0.25, -0.2) is 0 Å². The average Bonchev–Trinajstić information content (AvgIpc) is 2.71. The number of anilines is 1. The van der Waals surface area contributed by atoms with Crippen molar-refractivity contribution in [2.45, 2.75) is 18.4 Å². The summed E-state index contributed by atoms with van der Waals surface area (Å²) in [7, 11) is -5.77. The van der Waals surface area contributed by atoms with E-state index >= 15 is 0 Å². The first-order valence-electron chi connectivity index (χ1n) is 9.02. The van der Waals surface area contributed by atoms with Crippen molar-refractivity contribution in [1.29, 1.82) is 0 Å². The van der Waals surface area contributed by atoms with Crippen molar-refractivity contribution in [2.24, 2.45) is 10.2 Å². The molecule has 0 unspecified atom stereocenters. The SMILES string of the molecule is Cc1cc(NCc2ccccc2B(O)O)ccc1N=Nc1ccc(S(=O)(=O)O)cc1. The lowest BCUT2D eigenvalue weighted by Gasteiger charge is -2.12. The molecule has 0 aromatic heterocycles. The molecular formula is C20H20BN3O5S. The van der Waals surface area contributed by atoms with Crippen LogP contribution in [0.4, 0.5) is 17.1 Å². The highest BCUT2D eigenvalue weighted by atomic mass is 32.2. The number of aryl methyl sites for hydroxylation is 1. The van der Waals surface area contributed by atoms with E-state index in [4.69, 9.17) is 4.55 Å². The lowest BCUT2D eigenvalue weighted by atomic mass is 9.77. The van der Waals surface area contributed by atoms with E-state index in [-0.39, 0.29) is 4.90 Å². The highest BCUT2D eigenvalue weighted by Gasteiger charge is 2.14. The summed E-state index contributed by atoms with van der Waals surface area (Å²) in [5.41, 5.74) is 4.03. The van der Waals surface area contributed by atoms with E-state index in [0.29, 0.717) is 23.4 Å². The summed E-state index contributed by atoms with van der Waals surface area (Å²) in [4.78, 5) is -0.205. The third kappa shape index (κ3) is 5.52. The van der Waals surface area contributed by atoms with E-state index in [0.717, 1.165) is 16.8 Å². The van der Waals surface area contributed by atoms with Crippen LogP contribution in [0.1, 0.15) is 11.1 Å². The molecule has 0 fully saturated rings. The molecule has 0 saturated heterocycles. The van der Waals surface area contributed by atoms with Crippen LogP contribution in [-0.4, -0.2) is 30.1 Å². The Hall–Kier alpha value is -3.05. The summed E-state index contributed by atoms with van der Waals surface area (Å²) < 4.78 is 31.1. The fraction of sp³-hybridized carbons (Fsp3) is 0.100. The van der Waals surface area contributed by atoms with Crippen molar-refractivity contribution in [2.75, 3.05) is 5.32 Å². The first-order valence-corrected chi connectivity index (χ1v) is 10.5. The van der Waals surface area contributed by atoms with Crippen molar-refractivity contribution < 1.29 is 23.0 Å². The largest absolute Gasteiger partial charge is 0.488 e. The molecule has 3 aromatic carbocycles. The van der Waals surface area contributed by atoms with Crippen LogP contribution in [-0.2, 0) is 16.7 Å². The summed E-state index contributed by atoms with van der Waals surface area (Å²) in [5.74, 6) is 0. The second-order valence-electron chi connectivity index (χ2n) is 6.60. The minimum atomic E-state index is -4.24. The molecule has 0 spiro atoms. The maximum Gasteiger partial charge on any atom is 0.488 e. The Bertz CT molecular complexity index is 1170. The average molecular weight is 425 g/mol. The number of hydrogen-bond acceptors (Lipinski definition) is 7.